The van der Waals surface area contributed by atoms with Crippen LogP contribution < -0.4 is 5.32 Å². The van der Waals surface area contributed by atoms with Gasteiger partial charge in [-0.1, -0.05) is 22.9 Å². The van der Waals surface area contributed by atoms with Crippen LogP contribution in [-0.4, -0.2) is 17.5 Å². The second kappa shape index (κ2) is 7.62. The molecule has 1 aromatic rings. The summed E-state index contributed by atoms with van der Waals surface area (Å²) >= 11 is 5.37. The zero-order valence-electron chi connectivity index (χ0n) is 10.2. The van der Waals surface area contributed by atoms with E-state index in [4.69, 9.17) is 5.26 Å². The zero-order chi connectivity index (χ0) is 12.7. The van der Waals surface area contributed by atoms with Crippen molar-refractivity contribution in [3.63, 3.8) is 0 Å². The predicted molar refractivity (Wildman–Crippen MR) is 79.6 cm³/mol. The van der Waals surface area contributed by atoms with Crippen LogP contribution in [0.4, 0.5) is 5.69 Å². The second-order valence-corrected chi connectivity index (χ2v) is 6.14. The van der Waals surface area contributed by atoms with Crippen LogP contribution in [0, 0.1) is 11.3 Å². The molecule has 0 amide bonds. The van der Waals surface area contributed by atoms with E-state index in [9.17, 15) is 0 Å². The SMILES string of the molecule is CCSCCC(C)Nc1cc(Br)ccc1C#N. The number of hydrogen-bond donors (Lipinski definition) is 1. The minimum absolute atomic E-state index is 0.385. The number of anilines is 1. The summed E-state index contributed by atoms with van der Waals surface area (Å²) in [7, 11) is 0. The number of halogens is 1. The largest absolute Gasteiger partial charge is 0.381 e. The van der Waals surface area contributed by atoms with Crippen LogP contribution in [0.5, 0.6) is 0 Å². The summed E-state index contributed by atoms with van der Waals surface area (Å²) in [5.41, 5.74) is 1.61. The predicted octanol–water partition coefficient (Wildman–Crippen LogP) is 4.26. The van der Waals surface area contributed by atoms with E-state index in [-0.39, 0.29) is 0 Å². The number of benzene rings is 1. The molecule has 1 rings (SSSR count). The van der Waals surface area contributed by atoms with E-state index in [2.05, 4.69) is 41.2 Å². The van der Waals surface area contributed by atoms with Crippen LogP contribution >= 0.6 is 27.7 Å². The van der Waals surface area contributed by atoms with Crippen LogP contribution in [0.25, 0.3) is 0 Å². The molecule has 1 atom stereocenters. The van der Waals surface area contributed by atoms with Crippen LogP contribution in [0.3, 0.4) is 0 Å². The summed E-state index contributed by atoms with van der Waals surface area (Å²) in [6.07, 6.45) is 1.11. The molecule has 0 saturated heterocycles. The normalized spacial score (nSPS) is 11.9. The maximum atomic E-state index is 9.03. The zero-order valence-corrected chi connectivity index (χ0v) is 12.6. The van der Waals surface area contributed by atoms with Gasteiger partial charge in [-0.3, -0.25) is 0 Å². The highest BCUT2D eigenvalue weighted by atomic mass is 79.9. The number of thioether (sulfide) groups is 1. The summed E-state index contributed by atoms with van der Waals surface area (Å²) in [5.74, 6) is 2.31. The van der Waals surface area contributed by atoms with Gasteiger partial charge in [-0.2, -0.15) is 17.0 Å². The molecular weight excluding hydrogens is 296 g/mol. The Balaban J connectivity index is 2.61. The Morgan fingerprint density at radius 3 is 2.94 bits per heavy atom. The van der Waals surface area contributed by atoms with E-state index >= 15 is 0 Å². The molecule has 1 aromatic carbocycles. The lowest BCUT2D eigenvalue weighted by molar-refractivity contribution is 0.771. The van der Waals surface area contributed by atoms with Gasteiger partial charge in [-0.15, -0.1) is 0 Å². The van der Waals surface area contributed by atoms with Crippen molar-refractivity contribution >= 4 is 33.4 Å². The van der Waals surface area contributed by atoms with Gasteiger partial charge >= 0.3 is 0 Å². The molecule has 0 aliphatic carbocycles. The molecule has 1 N–H and O–H groups in total. The van der Waals surface area contributed by atoms with Gasteiger partial charge in [-0.05, 0) is 43.0 Å². The quantitative estimate of drug-likeness (QED) is 0.797. The Morgan fingerprint density at radius 1 is 1.53 bits per heavy atom. The molecule has 4 heteroatoms. The average molecular weight is 313 g/mol. The first kappa shape index (κ1) is 14.4. The van der Waals surface area contributed by atoms with Gasteiger partial charge < -0.3 is 5.32 Å². The molecule has 0 spiro atoms. The Kier molecular flexibility index (Phi) is 6.46. The third kappa shape index (κ3) is 5.01. The fourth-order valence-corrected chi connectivity index (χ4v) is 2.65. The minimum atomic E-state index is 0.385. The van der Waals surface area contributed by atoms with Crippen molar-refractivity contribution in [3.05, 3.63) is 28.2 Å². The summed E-state index contributed by atoms with van der Waals surface area (Å²) in [6.45, 7) is 4.32. The van der Waals surface area contributed by atoms with Crippen LogP contribution in [-0.2, 0) is 0 Å². The summed E-state index contributed by atoms with van der Waals surface area (Å²) in [4.78, 5) is 0. The minimum Gasteiger partial charge on any atom is -0.381 e. The fraction of sp³-hybridized carbons (Fsp3) is 0.462. The van der Waals surface area contributed by atoms with Gasteiger partial charge in [0, 0.05) is 10.5 Å². The van der Waals surface area contributed by atoms with Crippen molar-refractivity contribution in [2.75, 3.05) is 16.8 Å². The third-order valence-electron chi connectivity index (χ3n) is 2.40. The van der Waals surface area contributed by atoms with E-state index in [0.29, 0.717) is 11.6 Å². The molecule has 0 bridgehead atoms. The van der Waals surface area contributed by atoms with Crippen molar-refractivity contribution in [1.29, 1.82) is 5.26 Å². The van der Waals surface area contributed by atoms with Gasteiger partial charge in [0.05, 0.1) is 11.3 Å². The number of nitrogens with zero attached hydrogens (tertiary/aromatic N) is 1. The Hall–Kier alpha value is -0.660. The smallest absolute Gasteiger partial charge is 0.101 e. The van der Waals surface area contributed by atoms with Gasteiger partial charge in [0.1, 0.15) is 6.07 Å². The van der Waals surface area contributed by atoms with Crippen molar-refractivity contribution in [2.45, 2.75) is 26.3 Å². The Bertz CT molecular complexity index is 401. The first-order valence-electron chi connectivity index (χ1n) is 5.71. The highest BCUT2D eigenvalue weighted by Gasteiger charge is 2.06. The van der Waals surface area contributed by atoms with E-state index in [0.717, 1.165) is 28.1 Å². The van der Waals surface area contributed by atoms with Crippen molar-refractivity contribution in [1.82, 2.24) is 0 Å². The molecule has 0 aliphatic rings. The molecule has 0 aromatic heterocycles. The van der Waals surface area contributed by atoms with E-state index < -0.39 is 0 Å². The summed E-state index contributed by atoms with van der Waals surface area (Å²) in [6, 6.07) is 8.28. The van der Waals surface area contributed by atoms with E-state index in [1.807, 2.05) is 30.0 Å². The lowest BCUT2D eigenvalue weighted by Gasteiger charge is -2.16. The van der Waals surface area contributed by atoms with E-state index in [1.54, 1.807) is 0 Å². The molecular formula is C13H17BrN2S. The van der Waals surface area contributed by atoms with Crippen LogP contribution in [0.2, 0.25) is 0 Å². The molecule has 1 unspecified atom stereocenters. The summed E-state index contributed by atoms with van der Waals surface area (Å²) < 4.78 is 0.995. The Morgan fingerprint density at radius 2 is 2.29 bits per heavy atom. The molecule has 0 aliphatic heterocycles. The van der Waals surface area contributed by atoms with Crippen molar-refractivity contribution in [3.8, 4) is 6.07 Å². The highest BCUT2D eigenvalue weighted by Crippen LogP contribution is 2.22. The van der Waals surface area contributed by atoms with E-state index in [1.165, 1.54) is 0 Å². The molecule has 2 nitrogen and oxygen atoms in total. The van der Waals surface area contributed by atoms with Crippen molar-refractivity contribution in [2.24, 2.45) is 0 Å². The van der Waals surface area contributed by atoms with Crippen LogP contribution in [0.15, 0.2) is 22.7 Å². The number of hydrogen-bond acceptors (Lipinski definition) is 3. The van der Waals surface area contributed by atoms with Gasteiger partial charge in [-0.25, -0.2) is 0 Å². The topological polar surface area (TPSA) is 35.8 Å². The first-order chi connectivity index (χ1) is 8.17. The van der Waals surface area contributed by atoms with Gasteiger partial charge in [0.15, 0.2) is 0 Å². The van der Waals surface area contributed by atoms with Gasteiger partial charge in [0.2, 0.25) is 0 Å². The third-order valence-corrected chi connectivity index (χ3v) is 3.83. The first-order valence-corrected chi connectivity index (χ1v) is 7.66. The number of rotatable bonds is 6. The second-order valence-electron chi connectivity index (χ2n) is 3.83. The highest BCUT2D eigenvalue weighted by molar-refractivity contribution is 9.10. The Labute approximate surface area is 116 Å². The molecule has 0 radical (unpaired) electrons. The standard InChI is InChI=1S/C13H17BrN2S/c1-3-17-7-6-10(2)16-13-8-12(14)5-4-11(13)9-15/h4-5,8,10,16H,3,6-7H2,1-2H3. The lowest BCUT2D eigenvalue weighted by atomic mass is 10.1. The maximum absolute atomic E-state index is 9.03. The number of nitrogens with one attached hydrogen (secondary N) is 1. The molecule has 92 valence electrons. The molecule has 0 heterocycles. The van der Waals surface area contributed by atoms with Gasteiger partial charge in [0.25, 0.3) is 0 Å². The van der Waals surface area contributed by atoms with Crippen molar-refractivity contribution < 1.29 is 0 Å². The lowest BCUT2D eigenvalue weighted by Crippen LogP contribution is -2.16. The maximum Gasteiger partial charge on any atom is 0.101 e. The molecule has 0 fully saturated rings. The monoisotopic (exact) mass is 312 g/mol. The van der Waals surface area contributed by atoms with Crippen LogP contribution in [0.1, 0.15) is 25.8 Å². The molecule has 0 saturated carbocycles. The molecule has 17 heavy (non-hydrogen) atoms. The average Bonchev–Trinajstić information content (AvgIpc) is 2.29. The number of nitriles is 1. The fourth-order valence-electron chi connectivity index (χ4n) is 1.48. The summed E-state index contributed by atoms with van der Waals surface area (Å²) in [5, 5.41) is 12.4.